The SMILES string of the molecule is N#CCCSc1nc2ccccc2s1. The van der Waals surface area contributed by atoms with Crippen LogP contribution in [0.1, 0.15) is 6.42 Å². The molecule has 0 aliphatic heterocycles. The molecule has 1 aromatic heterocycles. The number of benzene rings is 1. The quantitative estimate of drug-likeness (QED) is 0.588. The molecule has 0 saturated heterocycles. The number of para-hydroxylation sites is 1. The summed E-state index contributed by atoms with van der Waals surface area (Å²) in [6, 6.07) is 10.2. The molecule has 0 N–H and O–H groups in total. The minimum Gasteiger partial charge on any atom is -0.230 e. The maximum absolute atomic E-state index is 8.40. The van der Waals surface area contributed by atoms with Crippen LogP contribution in [-0.2, 0) is 0 Å². The number of hydrogen-bond donors (Lipinski definition) is 0. The zero-order chi connectivity index (χ0) is 9.80. The van der Waals surface area contributed by atoms with Crippen molar-refractivity contribution in [2.24, 2.45) is 0 Å². The highest BCUT2D eigenvalue weighted by molar-refractivity contribution is 8.01. The molecule has 70 valence electrons. The molecule has 1 aromatic carbocycles. The molecule has 4 heteroatoms. The van der Waals surface area contributed by atoms with E-state index < -0.39 is 0 Å². The second-order valence-electron chi connectivity index (χ2n) is 2.70. The highest BCUT2D eigenvalue weighted by Gasteiger charge is 2.02. The Morgan fingerprint density at radius 1 is 1.43 bits per heavy atom. The summed E-state index contributed by atoms with van der Waals surface area (Å²) in [7, 11) is 0. The highest BCUT2D eigenvalue weighted by Crippen LogP contribution is 2.29. The second-order valence-corrected chi connectivity index (χ2v) is 5.08. The molecule has 2 aromatic rings. The molecule has 2 rings (SSSR count). The van der Waals surface area contributed by atoms with Crippen LogP contribution in [-0.4, -0.2) is 10.7 Å². The lowest BCUT2D eigenvalue weighted by Gasteiger charge is -1.88. The Hall–Kier alpha value is -1.05. The predicted octanol–water partition coefficient (Wildman–Crippen LogP) is 3.30. The van der Waals surface area contributed by atoms with Crippen LogP contribution < -0.4 is 0 Å². The second kappa shape index (κ2) is 4.45. The van der Waals surface area contributed by atoms with E-state index in [9.17, 15) is 0 Å². The minimum atomic E-state index is 0.584. The minimum absolute atomic E-state index is 0.584. The van der Waals surface area contributed by atoms with Crippen molar-refractivity contribution in [1.29, 1.82) is 5.26 Å². The van der Waals surface area contributed by atoms with Crippen LogP contribution in [0.2, 0.25) is 0 Å². The number of nitrogens with zero attached hydrogens (tertiary/aromatic N) is 2. The van der Waals surface area contributed by atoms with Gasteiger partial charge < -0.3 is 0 Å². The van der Waals surface area contributed by atoms with Gasteiger partial charge in [-0.3, -0.25) is 0 Å². The van der Waals surface area contributed by atoms with Crippen molar-refractivity contribution in [3.63, 3.8) is 0 Å². The standard InChI is InChI=1S/C10H8N2S2/c11-6-3-7-13-10-12-8-4-1-2-5-9(8)14-10/h1-2,4-5H,3,7H2. The van der Waals surface area contributed by atoms with Crippen molar-refractivity contribution >= 4 is 33.3 Å². The molecule has 0 unspecified atom stereocenters. The number of thioether (sulfide) groups is 1. The average molecular weight is 220 g/mol. The molecule has 2 nitrogen and oxygen atoms in total. The van der Waals surface area contributed by atoms with E-state index in [-0.39, 0.29) is 0 Å². The molecule has 0 fully saturated rings. The van der Waals surface area contributed by atoms with E-state index in [2.05, 4.69) is 17.1 Å². The summed E-state index contributed by atoms with van der Waals surface area (Å²) in [5, 5.41) is 8.40. The Bertz CT molecular complexity index is 437. The molecular weight excluding hydrogens is 212 g/mol. The molecule has 1 heterocycles. The van der Waals surface area contributed by atoms with Crippen LogP contribution in [0.25, 0.3) is 10.2 Å². The summed E-state index contributed by atoms with van der Waals surface area (Å²) in [5.41, 5.74) is 1.05. The van der Waals surface area contributed by atoms with Gasteiger partial charge in [0.05, 0.1) is 16.3 Å². The number of thiazole rings is 1. The monoisotopic (exact) mass is 220 g/mol. The highest BCUT2D eigenvalue weighted by atomic mass is 32.2. The van der Waals surface area contributed by atoms with Crippen molar-refractivity contribution < 1.29 is 0 Å². The third-order valence-electron chi connectivity index (χ3n) is 1.71. The number of fused-ring (bicyclic) bond motifs is 1. The summed E-state index contributed by atoms with van der Waals surface area (Å²) < 4.78 is 2.27. The summed E-state index contributed by atoms with van der Waals surface area (Å²) >= 11 is 3.35. The van der Waals surface area contributed by atoms with Crippen molar-refractivity contribution in [1.82, 2.24) is 4.98 Å². The fourth-order valence-corrected chi connectivity index (χ4v) is 3.08. The fraction of sp³-hybridized carbons (Fsp3) is 0.200. The lowest BCUT2D eigenvalue weighted by Crippen LogP contribution is -1.74. The zero-order valence-electron chi connectivity index (χ0n) is 7.43. The molecule has 0 saturated carbocycles. The summed E-state index contributed by atoms with van der Waals surface area (Å²) in [6.07, 6.45) is 0.584. The normalized spacial score (nSPS) is 10.2. The first-order valence-corrected chi connectivity index (χ1v) is 6.05. The first kappa shape index (κ1) is 9.50. The Balaban J connectivity index is 2.15. The maximum Gasteiger partial charge on any atom is 0.151 e. The Morgan fingerprint density at radius 2 is 2.29 bits per heavy atom. The van der Waals surface area contributed by atoms with Gasteiger partial charge in [0.2, 0.25) is 0 Å². The molecule has 14 heavy (non-hydrogen) atoms. The van der Waals surface area contributed by atoms with Gasteiger partial charge in [0.25, 0.3) is 0 Å². The third-order valence-corrected chi connectivity index (χ3v) is 3.89. The van der Waals surface area contributed by atoms with Crippen molar-refractivity contribution in [3.8, 4) is 6.07 Å². The van der Waals surface area contributed by atoms with Crippen LogP contribution in [0.5, 0.6) is 0 Å². The largest absolute Gasteiger partial charge is 0.230 e. The Labute approximate surface area is 90.6 Å². The Morgan fingerprint density at radius 3 is 3.07 bits per heavy atom. The topological polar surface area (TPSA) is 36.7 Å². The van der Waals surface area contributed by atoms with Crippen molar-refractivity contribution in [2.45, 2.75) is 10.8 Å². The molecular formula is C10H8N2S2. The van der Waals surface area contributed by atoms with Crippen molar-refractivity contribution in [2.75, 3.05) is 5.75 Å². The molecule has 0 aliphatic carbocycles. The zero-order valence-corrected chi connectivity index (χ0v) is 9.07. The molecule has 0 atom stereocenters. The molecule has 0 aliphatic rings. The van der Waals surface area contributed by atoms with E-state index in [1.165, 1.54) is 4.70 Å². The Kier molecular flexibility index (Phi) is 3.02. The van der Waals surface area contributed by atoms with Gasteiger partial charge in [-0.2, -0.15) is 5.26 Å². The number of nitriles is 1. The molecule has 0 bridgehead atoms. The lowest BCUT2D eigenvalue weighted by atomic mass is 10.3. The molecule has 0 amide bonds. The summed E-state index contributed by atoms with van der Waals surface area (Å²) in [6.45, 7) is 0. The van der Waals surface area contributed by atoms with Crippen molar-refractivity contribution in [3.05, 3.63) is 24.3 Å². The van der Waals surface area contributed by atoms with Crippen LogP contribution in [0, 0.1) is 11.3 Å². The smallest absolute Gasteiger partial charge is 0.151 e. The first-order chi connectivity index (χ1) is 6.90. The van der Waals surface area contributed by atoms with E-state index in [1.54, 1.807) is 23.1 Å². The van der Waals surface area contributed by atoms with Gasteiger partial charge in [-0.25, -0.2) is 4.98 Å². The fourth-order valence-electron chi connectivity index (χ4n) is 1.10. The van der Waals surface area contributed by atoms with E-state index in [1.807, 2.05) is 18.2 Å². The van der Waals surface area contributed by atoms with Gasteiger partial charge >= 0.3 is 0 Å². The van der Waals surface area contributed by atoms with Crippen LogP contribution in [0.15, 0.2) is 28.6 Å². The van der Waals surface area contributed by atoms with Gasteiger partial charge in [-0.15, -0.1) is 11.3 Å². The van der Waals surface area contributed by atoms with Gasteiger partial charge in [0, 0.05) is 12.2 Å². The van der Waals surface area contributed by atoms with E-state index >= 15 is 0 Å². The summed E-state index contributed by atoms with van der Waals surface area (Å²) in [4.78, 5) is 4.46. The average Bonchev–Trinajstić information content (AvgIpc) is 2.60. The van der Waals surface area contributed by atoms with Crippen LogP contribution in [0.4, 0.5) is 0 Å². The lowest BCUT2D eigenvalue weighted by molar-refractivity contribution is 1.22. The van der Waals surface area contributed by atoms with Crippen LogP contribution in [0.3, 0.4) is 0 Å². The van der Waals surface area contributed by atoms with Gasteiger partial charge in [-0.1, -0.05) is 23.9 Å². The first-order valence-electron chi connectivity index (χ1n) is 4.25. The van der Waals surface area contributed by atoms with Crippen LogP contribution >= 0.6 is 23.1 Å². The van der Waals surface area contributed by atoms with Gasteiger partial charge in [0.15, 0.2) is 4.34 Å². The van der Waals surface area contributed by atoms with E-state index in [0.29, 0.717) is 6.42 Å². The van der Waals surface area contributed by atoms with Gasteiger partial charge in [0.1, 0.15) is 0 Å². The van der Waals surface area contributed by atoms with E-state index in [0.717, 1.165) is 15.6 Å². The number of hydrogen-bond acceptors (Lipinski definition) is 4. The summed E-state index contributed by atoms with van der Waals surface area (Å²) in [5.74, 6) is 0.830. The van der Waals surface area contributed by atoms with E-state index in [4.69, 9.17) is 5.26 Å². The maximum atomic E-state index is 8.40. The van der Waals surface area contributed by atoms with Gasteiger partial charge in [-0.05, 0) is 12.1 Å². The third kappa shape index (κ3) is 2.06. The molecule has 0 spiro atoms. The number of rotatable bonds is 3. The number of aromatic nitrogens is 1. The predicted molar refractivity (Wildman–Crippen MR) is 60.6 cm³/mol. The molecule has 0 radical (unpaired) electrons.